The van der Waals surface area contributed by atoms with Crippen molar-refractivity contribution in [3.63, 3.8) is 0 Å². The van der Waals surface area contributed by atoms with Crippen LogP contribution in [-0.2, 0) is 16.1 Å². The molecule has 0 aliphatic carbocycles. The molecule has 126 valence electrons. The molecule has 2 aromatic rings. The number of amides is 2. The topological polar surface area (TPSA) is 49.4 Å². The normalized spacial score (nSPS) is 10.3. The summed E-state index contributed by atoms with van der Waals surface area (Å²) in [6, 6.07) is 13.9. The Morgan fingerprint density at radius 3 is 2.38 bits per heavy atom. The Balaban J connectivity index is 2.06. The monoisotopic (exact) mass is 324 g/mol. The summed E-state index contributed by atoms with van der Waals surface area (Å²) >= 11 is 0. The summed E-state index contributed by atoms with van der Waals surface area (Å²) in [5.41, 5.74) is 5.02. The van der Waals surface area contributed by atoms with Gasteiger partial charge in [0.1, 0.15) is 6.54 Å². The molecule has 2 aromatic carbocycles. The lowest BCUT2D eigenvalue weighted by atomic mass is 10.1. The first-order chi connectivity index (χ1) is 11.4. The lowest BCUT2D eigenvalue weighted by molar-refractivity contribution is -0.123. The van der Waals surface area contributed by atoms with Crippen molar-refractivity contribution in [3.05, 3.63) is 64.7 Å². The number of carbonyl (C=O) groups is 2. The van der Waals surface area contributed by atoms with Crippen LogP contribution in [0.2, 0.25) is 0 Å². The number of rotatable bonds is 5. The van der Waals surface area contributed by atoms with Crippen molar-refractivity contribution in [2.75, 3.05) is 11.4 Å². The fourth-order valence-corrected chi connectivity index (χ4v) is 2.60. The summed E-state index contributed by atoms with van der Waals surface area (Å²) in [5, 5.41) is 2.88. The average molecular weight is 324 g/mol. The van der Waals surface area contributed by atoms with Crippen molar-refractivity contribution in [3.8, 4) is 0 Å². The fraction of sp³-hybridized carbons (Fsp3) is 0.300. The van der Waals surface area contributed by atoms with Crippen LogP contribution in [0.5, 0.6) is 0 Å². The molecular weight excluding hydrogens is 300 g/mol. The number of nitrogens with one attached hydrogen (secondary N) is 1. The molecule has 0 spiro atoms. The Morgan fingerprint density at radius 2 is 1.71 bits per heavy atom. The maximum absolute atomic E-state index is 12.3. The van der Waals surface area contributed by atoms with E-state index in [1.54, 1.807) is 0 Å². The molecule has 0 saturated carbocycles. The minimum Gasteiger partial charge on any atom is -0.350 e. The zero-order valence-electron chi connectivity index (χ0n) is 14.7. The number of nitrogens with zero attached hydrogens (tertiary/aromatic N) is 1. The summed E-state index contributed by atoms with van der Waals surface area (Å²) in [6.07, 6.45) is 0. The van der Waals surface area contributed by atoms with Gasteiger partial charge in [-0.15, -0.1) is 0 Å². The van der Waals surface area contributed by atoms with Gasteiger partial charge in [0.05, 0.1) is 0 Å². The third-order valence-corrected chi connectivity index (χ3v) is 3.91. The van der Waals surface area contributed by atoms with E-state index >= 15 is 0 Å². The highest BCUT2D eigenvalue weighted by Crippen LogP contribution is 2.21. The highest BCUT2D eigenvalue weighted by atomic mass is 16.2. The summed E-state index contributed by atoms with van der Waals surface area (Å²) in [7, 11) is 0. The fourth-order valence-electron chi connectivity index (χ4n) is 2.60. The number of benzene rings is 2. The Morgan fingerprint density at radius 1 is 1.00 bits per heavy atom. The molecule has 2 amide bonds. The molecule has 0 heterocycles. The van der Waals surface area contributed by atoms with E-state index in [0.717, 1.165) is 27.9 Å². The third-order valence-electron chi connectivity index (χ3n) is 3.91. The van der Waals surface area contributed by atoms with Crippen LogP contribution in [0, 0.1) is 20.8 Å². The van der Waals surface area contributed by atoms with Gasteiger partial charge in [-0.2, -0.15) is 0 Å². The highest BCUT2D eigenvalue weighted by molar-refractivity contribution is 5.98. The van der Waals surface area contributed by atoms with E-state index in [1.807, 2.05) is 63.2 Å². The Hall–Kier alpha value is -2.62. The smallest absolute Gasteiger partial charge is 0.240 e. The van der Waals surface area contributed by atoms with Gasteiger partial charge in [0.15, 0.2) is 0 Å². The van der Waals surface area contributed by atoms with Crippen molar-refractivity contribution in [2.45, 2.75) is 34.2 Å². The number of carbonyl (C=O) groups excluding carboxylic acids is 2. The van der Waals surface area contributed by atoms with Crippen molar-refractivity contribution in [1.29, 1.82) is 0 Å². The Kier molecular flexibility index (Phi) is 5.74. The van der Waals surface area contributed by atoms with Crippen molar-refractivity contribution in [1.82, 2.24) is 5.32 Å². The van der Waals surface area contributed by atoms with Gasteiger partial charge < -0.3 is 10.2 Å². The quantitative estimate of drug-likeness (QED) is 0.917. The number of aryl methyl sites for hydroxylation is 3. The van der Waals surface area contributed by atoms with Gasteiger partial charge in [0.25, 0.3) is 0 Å². The van der Waals surface area contributed by atoms with E-state index < -0.39 is 0 Å². The Labute approximate surface area is 143 Å². The van der Waals surface area contributed by atoms with Crippen molar-refractivity contribution >= 4 is 17.5 Å². The highest BCUT2D eigenvalue weighted by Gasteiger charge is 2.17. The number of hydrogen-bond donors (Lipinski definition) is 1. The van der Waals surface area contributed by atoms with Gasteiger partial charge in [-0.25, -0.2) is 0 Å². The zero-order valence-corrected chi connectivity index (χ0v) is 14.7. The molecule has 0 aromatic heterocycles. The van der Waals surface area contributed by atoms with Gasteiger partial charge >= 0.3 is 0 Å². The molecule has 0 atom stereocenters. The standard InChI is InChI=1S/C20H24N2O2/c1-14-6-5-7-18(10-14)12-21-20(24)13-22(17(4)23)19-11-15(2)8-9-16(19)3/h5-11H,12-13H2,1-4H3,(H,21,24). The summed E-state index contributed by atoms with van der Waals surface area (Å²) < 4.78 is 0. The Bertz CT molecular complexity index is 753. The molecular formula is C20H24N2O2. The van der Waals surface area contributed by atoms with Crippen LogP contribution >= 0.6 is 0 Å². The van der Waals surface area contributed by atoms with E-state index in [9.17, 15) is 9.59 Å². The van der Waals surface area contributed by atoms with Crippen LogP contribution < -0.4 is 10.2 Å². The molecule has 0 aliphatic rings. The predicted octanol–water partition coefficient (Wildman–Crippen LogP) is 3.28. The second-order valence-corrected chi connectivity index (χ2v) is 6.16. The predicted molar refractivity (Wildman–Crippen MR) is 97.0 cm³/mol. The molecule has 1 N–H and O–H groups in total. The largest absolute Gasteiger partial charge is 0.350 e. The maximum Gasteiger partial charge on any atom is 0.240 e. The van der Waals surface area contributed by atoms with Gasteiger partial charge in [0, 0.05) is 19.2 Å². The molecule has 24 heavy (non-hydrogen) atoms. The molecule has 0 aliphatic heterocycles. The summed E-state index contributed by atoms with van der Waals surface area (Å²) in [4.78, 5) is 25.8. The third kappa shape index (κ3) is 4.69. The minimum absolute atomic E-state index is 0.0193. The summed E-state index contributed by atoms with van der Waals surface area (Å²) in [5.74, 6) is -0.318. The maximum atomic E-state index is 12.3. The zero-order chi connectivity index (χ0) is 17.7. The van der Waals surface area contributed by atoms with E-state index in [2.05, 4.69) is 5.32 Å². The van der Waals surface area contributed by atoms with Crippen LogP contribution in [-0.4, -0.2) is 18.4 Å². The molecule has 0 unspecified atom stereocenters. The van der Waals surface area contributed by atoms with Gasteiger partial charge in [-0.1, -0.05) is 42.0 Å². The second kappa shape index (κ2) is 7.77. The van der Waals surface area contributed by atoms with Crippen LogP contribution in [0.1, 0.15) is 29.2 Å². The first kappa shape index (κ1) is 17.7. The van der Waals surface area contributed by atoms with E-state index in [4.69, 9.17) is 0 Å². The SMILES string of the molecule is CC(=O)N(CC(=O)NCc1cccc(C)c1)c1cc(C)ccc1C. The molecule has 0 bridgehead atoms. The minimum atomic E-state index is -0.174. The second-order valence-electron chi connectivity index (χ2n) is 6.16. The van der Waals surface area contributed by atoms with Gasteiger partial charge in [0.2, 0.25) is 11.8 Å². The first-order valence-corrected chi connectivity index (χ1v) is 8.04. The van der Waals surface area contributed by atoms with E-state index in [1.165, 1.54) is 11.8 Å². The van der Waals surface area contributed by atoms with E-state index in [0.29, 0.717) is 6.54 Å². The van der Waals surface area contributed by atoms with E-state index in [-0.39, 0.29) is 18.4 Å². The number of anilines is 1. The van der Waals surface area contributed by atoms with Crippen LogP contribution in [0.4, 0.5) is 5.69 Å². The van der Waals surface area contributed by atoms with Crippen LogP contribution in [0.15, 0.2) is 42.5 Å². The number of hydrogen-bond acceptors (Lipinski definition) is 2. The molecule has 0 saturated heterocycles. The first-order valence-electron chi connectivity index (χ1n) is 8.04. The molecule has 2 rings (SSSR count). The average Bonchev–Trinajstić information content (AvgIpc) is 2.53. The van der Waals surface area contributed by atoms with Crippen LogP contribution in [0.3, 0.4) is 0 Å². The summed E-state index contributed by atoms with van der Waals surface area (Å²) in [6.45, 7) is 7.89. The van der Waals surface area contributed by atoms with Crippen molar-refractivity contribution < 1.29 is 9.59 Å². The van der Waals surface area contributed by atoms with Gasteiger partial charge in [-0.3, -0.25) is 9.59 Å². The lowest BCUT2D eigenvalue weighted by Crippen LogP contribution is -2.40. The molecule has 0 fully saturated rings. The van der Waals surface area contributed by atoms with Crippen LogP contribution in [0.25, 0.3) is 0 Å². The molecule has 4 heteroatoms. The van der Waals surface area contributed by atoms with Crippen molar-refractivity contribution in [2.24, 2.45) is 0 Å². The lowest BCUT2D eigenvalue weighted by Gasteiger charge is -2.23. The molecule has 0 radical (unpaired) electrons. The van der Waals surface area contributed by atoms with Gasteiger partial charge in [-0.05, 0) is 43.5 Å². The molecule has 4 nitrogen and oxygen atoms in total.